The number of carbonyl (C=O) groups is 4. The van der Waals surface area contributed by atoms with E-state index in [-0.39, 0.29) is 0 Å². The first-order valence-electron chi connectivity index (χ1n) is 7.23. The van der Waals surface area contributed by atoms with Gasteiger partial charge in [-0.1, -0.05) is 12.2 Å². The standard InChI is InChI=1S/C18H20O4/c1-9-11(17(3,4)15(21)13(9)19)7-8-12-10(2)14(20)16(22)18(12,5)6/h7-8H,1-6H3/b8-7+. The summed E-state index contributed by atoms with van der Waals surface area (Å²) in [5.41, 5.74) is 0.401. The minimum Gasteiger partial charge on any atom is -0.289 e. The highest BCUT2D eigenvalue weighted by Gasteiger charge is 2.46. The lowest BCUT2D eigenvalue weighted by Crippen LogP contribution is -2.25. The summed E-state index contributed by atoms with van der Waals surface area (Å²) < 4.78 is 0. The Hall–Kier alpha value is -2.10. The first-order valence-corrected chi connectivity index (χ1v) is 7.23. The molecule has 0 unspecified atom stereocenters. The van der Waals surface area contributed by atoms with Crippen LogP contribution in [0.1, 0.15) is 41.5 Å². The van der Waals surface area contributed by atoms with Gasteiger partial charge in [0, 0.05) is 11.1 Å². The van der Waals surface area contributed by atoms with E-state index in [1.807, 2.05) is 0 Å². The normalized spacial score (nSPS) is 24.5. The van der Waals surface area contributed by atoms with Gasteiger partial charge in [0.05, 0.1) is 10.8 Å². The first kappa shape index (κ1) is 16.3. The van der Waals surface area contributed by atoms with Crippen LogP contribution in [0.5, 0.6) is 0 Å². The molecule has 0 spiro atoms. The third-order valence-electron chi connectivity index (χ3n) is 4.80. The highest BCUT2D eigenvalue weighted by Crippen LogP contribution is 2.41. The Kier molecular flexibility index (Phi) is 3.48. The molecule has 0 heterocycles. The predicted molar refractivity (Wildman–Crippen MR) is 82.1 cm³/mol. The van der Waals surface area contributed by atoms with E-state index in [1.165, 1.54) is 0 Å². The lowest BCUT2D eigenvalue weighted by Gasteiger charge is -2.20. The van der Waals surface area contributed by atoms with Gasteiger partial charge in [0.1, 0.15) is 0 Å². The summed E-state index contributed by atoms with van der Waals surface area (Å²) in [6.45, 7) is 10.1. The molecule has 0 aliphatic heterocycles. The Morgan fingerprint density at radius 1 is 0.636 bits per heavy atom. The number of ketones is 4. The molecule has 4 nitrogen and oxygen atoms in total. The van der Waals surface area contributed by atoms with Gasteiger partial charge in [-0.3, -0.25) is 19.2 Å². The van der Waals surface area contributed by atoms with Gasteiger partial charge in [-0.25, -0.2) is 0 Å². The smallest absolute Gasteiger partial charge is 0.225 e. The van der Waals surface area contributed by atoms with Crippen molar-refractivity contribution in [1.29, 1.82) is 0 Å². The molecule has 0 N–H and O–H groups in total. The highest BCUT2D eigenvalue weighted by atomic mass is 16.2. The molecule has 4 heteroatoms. The second-order valence-corrected chi connectivity index (χ2v) is 6.98. The lowest BCUT2D eigenvalue weighted by molar-refractivity contribution is -0.137. The number of carbonyl (C=O) groups excluding carboxylic acids is 4. The second-order valence-electron chi connectivity index (χ2n) is 6.98. The Balaban J connectivity index is 2.50. The van der Waals surface area contributed by atoms with Crippen molar-refractivity contribution in [3.05, 3.63) is 34.4 Å². The van der Waals surface area contributed by atoms with Crippen LogP contribution in [-0.2, 0) is 19.2 Å². The molecule has 2 aliphatic rings. The van der Waals surface area contributed by atoms with Crippen LogP contribution in [0.3, 0.4) is 0 Å². The van der Waals surface area contributed by atoms with Crippen molar-refractivity contribution in [2.75, 3.05) is 0 Å². The van der Waals surface area contributed by atoms with Crippen LogP contribution in [0.15, 0.2) is 34.4 Å². The van der Waals surface area contributed by atoms with Crippen molar-refractivity contribution in [3.63, 3.8) is 0 Å². The van der Waals surface area contributed by atoms with Gasteiger partial charge in [-0.2, -0.15) is 0 Å². The zero-order valence-corrected chi connectivity index (χ0v) is 13.8. The highest BCUT2D eigenvalue weighted by molar-refractivity contribution is 6.49. The van der Waals surface area contributed by atoms with E-state index < -0.39 is 34.0 Å². The van der Waals surface area contributed by atoms with Gasteiger partial charge >= 0.3 is 0 Å². The Morgan fingerprint density at radius 3 is 1.09 bits per heavy atom. The molecule has 22 heavy (non-hydrogen) atoms. The minimum atomic E-state index is -0.872. The van der Waals surface area contributed by atoms with Crippen LogP contribution >= 0.6 is 0 Å². The van der Waals surface area contributed by atoms with Gasteiger partial charge in [-0.05, 0) is 52.7 Å². The van der Waals surface area contributed by atoms with Gasteiger partial charge < -0.3 is 0 Å². The number of allylic oxidation sites excluding steroid dienone is 6. The zero-order chi connectivity index (χ0) is 17.0. The molecule has 0 saturated carbocycles. The Morgan fingerprint density at radius 2 is 0.909 bits per heavy atom. The molecule has 0 amide bonds. The summed E-state index contributed by atoms with van der Waals surface area (Å²) in [4.78, 5) is 47.7. The molecule has 2 rings (SSSR count). The predicted octanol–water partition coefficient (Wildman–Crippen LogP) is 2.53. The molecule has 0 fully saturated rings. The quantitative estimate of drug-likeness (QED) is 0.735. The van der Waals surface area contributed by atoms with Gasteiger partial charge in [0.2, 0.25) is 23.1 Å². The van der Waals surface area contributed by atoms with Crippen molar-refractivity contribution in [2.45, 2.75) is 41.5 Å². The fourth-order valence-corrected chi connectivity index (χ4v) is 3.17. The van der Waals surface area contributed by atoms with Crippen molar-refractivity contribution < 1.29 is 19.2 Å². The third kappa shape index (κ3) is 1.97. The molecular weight excluding hydrogens is 280 g/mol. The second kappa shape index (κ2) is 4.70. The average Bonchev–Trinajstić information content (AvgIpc) is 2.67. The Bertz CT molecular complexity index is 662. The number of Topliss-reactive ketones (excluding diaryl/α,β-unsaturated/α-hetero) is 4. The molecule has 0 bridgehead atoms. The molecule has 0 aromatic rings. The molecule has 116 valence electrons. The van der Waals surface area contributed by atoms with Gasteiger partial charge in [0.15, 0.2) is 0 Å². The summed E-state index contributed by atoms with van der Waals surface area (Å²) in [6.07, 6.45) is 3.40. The van der Waals surface area contributed by atoms with E-state index in [4.69, 9.17) is 0 Å². The van der Waals surface area contributed by atoms with Crippen LogP contribution in [0.2, 0.25) is 0 Å². The molecule has 2 aliphatic carbocycles. The Labute approximate surface area is 130 Å². The molecule has 0 atom stereocenters. The summed E-state index contributed by atoms with van der Waals surface area (Å²) in [6, 6.07) is 0. The number of rotatable bonds is 2. The van der Waals surface area contributed by atoms with Crippen molar-refractivity contribution in [2.24, 2.45) is 10.8 Å². The summed E-state index contributed by atoms with van der Waals surface area (Å²) in [5, 5.41) is 0. The summed E-state index contributed by atoms with van der Waals surface area (Å²) >= 11 is 0. The van der Waals surface area contributed by atoms with Crippen LogP contribution in [0.4, 0.5) is 0 Å². The van der Waals surface area contributed by atoms with Crippen molar-refractivity contribution in [1.82, 2.24) is 0 Å². The topological polar surface area (TPSA) is 68.3 Å². The van der Waals surface area contributed by atoms with Gasteiger partial charge in [-0.15, -0.1) is 0 Å². The lowest BCUT2D eigenvalue weighted by atomic mass is 9.81. The van der Waals surface area contributed by atoms with E-state index in [1.54, 1.807) is 53.7 Å². The monoisotopic (exact) mass is 300 g/mol. The maximum absolute atomic E-state index is 12.0. The van der Waals surface area contributed by atoms with Crippen molar-refractivity contribution >= 4 is 23.1 Å². The molecule has 0 saturated heterocycles. The first-order chi connectivity index (χ1) is 9.94. The van der Waals surface area contributed by atoms with Crippen LogP contribution in [-0.4, -0.2) is 23.1 Å². The maximum Gasteiger partial charge on any atom is 0.225 e. The molecule has 0 radical (unpaired) electrons. The van der Waals surface area contributed by atoms with E-state index in [0.29, 0.717) is 22.3 Å². The third-order valence-corrected chi connectivity index (χ3v) is 4.80. The van der Waals surface area contributed by atoms with Crippen LogP contribution in [0, 0.1) is 10.8 Å². The number of hydrogen-bond acceptors (Lipinski definition) is 4. The maximum atomic E-state index is 12.0. The van der Waals surface area contributed by atoms with Crippen molar-refractivity contribution in [3.8, 4) is 0 Å². The van der Waals surface area contributed by atoms with E-state index in [0.717, 1.165) is 0 Å². The fourth-order valence-electron chi connectivity index (χ4n) is 3.17. The van der Waals surface area contributed by atoms with E-state index in [2.05, 4.69) is 0 Å². The minimum absolute atomic E-state index is 0.423. The van der Waals surface area contributed by atoms with E-state index in [9.17, 15) is 19.2 Å². The molecule has 0 aromatic heterocycles. The SMILES string of the molecule is CC1=C(/C=C/C2=C(C)C(=O)C(=O)C2(C)C)C(C)(C)C(=O)C1=O. The van der Waals surface area contributed by atoms with Crippen LogP contribution < -0.4 is 0 Å². The van der Waals surface area contributed by atoms with Gasteiger partial charge in [0.25, 0.3) is 0 Å². The van der Waals surface area contributed by atoms with E-state index >= 15 is 0 Å². The fraction of sp³-hybridized carbons (Fsp3) is 0.444. The summed E-state index contributed by atoms with van der Waals surface area (Å²) in [5.74, 6) is -1.78. The molecule has 0 aromatic carbocycles. The molecular formula is C18H20O4. The van der Waals surface area contributed by atoms with Crippen LogP contribution in [0.25, 0.3) is 0 Å². The largest absolute Gasteiger partial charge is 0.289 e. The number of hydrogen-bond donors (Lipinski definition) is 0. The summed E-state index contributed by atoms with van der Waals surface area (Å²) in [7, 11) is 0. The zero-order valence-electron chi connectivity index (χ0n) is 13.8. The average molecular weight is 300 g/mol.